The molecule has 12 heteroatoms. The molecule has 0 saturated heterocycles. The molecule has 0 aliphatic heterocycles. The van der Waals surface area contributed by atoms with Crippen LogP contribution in [0.15, 0.2) is 28.9 Å². The fourth-order valence-corrected chi connectivity index (χ4v) is 6.54. The highest BCUT2D eigenvalue weighted by Crippen LogP contribution is 2.34. The number of carboxylic acid groups (broad SMARTS) is 1. The van der Waals surface area contributed by atoms with Gasteiger partial charge in [-0.2, -0.15) is 0 Å². The lowest BCUT2D eigenvalue weighted by Crippen LogP contribution is -2.45. The number of carbonyl (C=O) groups is 3. The van der Waals surface area contributed by atoms with E-state index in [4.69, 9.17) is 21.0 Å². The lowest BCUT2D eigenvalue weighted by Gasteiger charge is -2.35. The van der Waals surface area contributed by atoms with Crippen LogP contribution >= 0.6 is 11.3 Å². The van der Waals surface area contributed by atoms with Gasteiger partial charge in [-0.25, -0.2) is 10.0 Å². The Hall–Kier alpha value is -3.56. The van der Waals surface area contributed by atoms with Crippen molar-refractivity contribution >= 4 is 29.2 Å². The summed E-state index contributed by atoms with van der Waals surface area (Å²) in [4.78, 5) is 62.3. The number of hydrogen-bond donors (Lipinski definition) is 2. The van der Waals surface area contributed by atoms with Gasteiger partial charge in [-0.15, -0.1) is 23.7 Å². The lowest BCUT2D eigenvalue weighted by atomic mass is 9.81. The number of allylic oxidation sites excluding steroid dienone is 3. The van der Waals surface area contributed by atoms with Crippen molar-refractivity contribution in [3.05, 3.63) is 44.5 Å². The van der Waals surface area contributed by atoms with Gasteiger partial charge in [0.05, 0.1) is 23.8 Å². The fraction of sp³-hybridized carbons (Fsp3) is 0.676. The fourth-order valence-electron chi connectivity index (χ4n) is 5.69. The number of nitrogens with zero attached hydrogens (tertiary/aromatic N) is 3. The minimum atomic E-state index is -1.15. The number of aliphatic hydroxyl groups is 1. The van der Waals surface area contributed by atoms with Crippen molar-refractivity contribution in [2.75, 3.05) is 6.61 Å². The molecule has 1 aliphatic carbocycles. The second-order valence-electron chi connectivity index (χ2n) is 14.2. The van der Waals surface area contributed by atoms with E-state index in [0.29, 0.717) is 42.8 Å². The molecule has 1 heterocycles. The number of terminal acetylenes is 1. The van der Waals surface area contributed by atoms with Crippen LogP contribution in [0.1, 0.15) is 124 Å². The van der Waals surface area contributed by atoms with Crippen LogP contribution in [0.4, 0.5) is 0 Å². The van der Waals surface area contributed by atoms with Crippen LogP contribution in [0.3, 0.4) is 0 Å². The largest absolute Gasteiger partial charge is 0.512 e. The maximum Gasteiger partial charge on any atom is 0.309 e. The maximum atomic E-state index is 13.7. The second kappa shape index (κ2) is 19.6. The number of thiazole rings is 1. The molecule has 1 aromatic heterocycles. The van der Waals surface area contributed by atoms with E-state index >= 15 is 0 Å². The predicted molar refractivity (Wildman–Crippen MR) is 189 cm³/mol. The second-order valence-corrected chi connectivity index (χ2v) is 15.1. The standard InChI is InChI=1S/C37H55N3O8S/c1-10-12-13-16-47-40(34(43)17-25(5)11-2)32(24(3)4)20-33(48-27(7)41)35-38-29(23-49-35)22-39(46)30(21-37(8,9)36(44)45)19-28-14-15-31(42)18-26(28)6/h1,14-15,23-26,30,32-33H,11-13,16-22H2,2-9H3,(H-,42,44,45)/p+1/t25-,26?,30-,32+,33+/m0/s1. The molecule has 2 N–H and O–H groups in total. The third kappa shape index (κ3) is 13.3. The van der Waals surface area contributed by atoms with Crippen LogP contribution < -0.4 is 0 Å². The van der Waals surface area contributed by atoms with Crippen molar-refractivity contribution in [3.8, 4) is 12.3 Å². The van der Waals surface area contributed by atoms with Gasteiger partial charge in [-0.3, -0.25) is 19.2 Å². The van der Waals surface area contributed by atoms with Gasteiger partial charge in [0.2, 0.25) is 18.5 Å². The third-order valence-corrected chi connectivity index (χ3v) is 9.99. The van der Waals surface area contributed by atoms with E-state index in [-0.39, 0.29) is 55.4 Å². The molecule has 0 fully saturated rings. The molecular weight excluding hydrogens is 646 g/mol. The number of carbonyl (C=O) groups excluding carboxylic acids is 2. The van der Waals surface area contributed by atoms with Crippen molar-refractivity contribution in [2.45, 2.75) is 131 Å². The summed E-state index contributed by atoms with van der Waals surface area (Å²) in [6, 6.07) is -1.11. The highest BCUT2D eigenvalue weighted by Gasteiger charge is 2.40. The molecule has 1 amide bonds. The molecule has 272 valence electrons. The number of hydroxylamine groups is 2. The summed E-state index contributed by atoms with van der Waals surface area (Å²) in [6.07, 6.45) is 11.4. The monoisotopic (exact) mass is 702 g/mol. The van der Waals surface area contributed by atoms with Gasteiger partial charge in [0.15, 0.2) is 6.10 Å². The van der Waals surface area contributed by atoms with Crippen LogP contribution in [0.2, 0.25) is 0 Å². The van der Waals surface area contributed by atoms with E-state index in [1.807, 2.05) is 40.7 Å². The number of aliphatic hydroxyl groups excluding tert-OH is 1. The molecule has 1 aromatic rings. The van der Waals surface area contributed by atoms with Crippen molar-refractivity contribution in [1.82, 2.24) is 10.0 Å². The van der Waals surface area contributed by atoms with Crippen LogP contribution in [0, 0.1) is 40.4 Å². The van der Waals surface area contributed by atoms with Crippen molar-refractivity contribution in [3.63, 3.8) is 0 Å². The van der Waals surface area contributed by atoms with E-state index in [0.717, 1.165) is 16.8 Å². The van der Waals surface area contributed by atoms with E-state index in [1.54, 1.807) is 25.3 Å². The number of nitroso groups, excluding NO2 is 1. The first-order chi connectivity index (χ1) is 23.0. The van der Waals surface area contributed by atoms with Gasteiger partial charge in [-0.05, 0) is 44.1 Å². The molecule has 0 radical (unpaired) electrons. The molecule has 0 bridgehead atoms. The number of rotatable bonds is 21. The van der Waals surface area contributed by atoms with E-state index in [1.165, 1.54) is 23.3 Å². The normalized spacial score (nSPS) is 17.3. The Bertz CT molecular complexity index is 1390. The molecule has 1 unspecified atom stereocenters. The lowest BCUT2D eigenvalue weighted by molar-refractivity contribution is -0.603. The van der Waals surface area contributed by atoms with Gasteiger partial charge in [0.25, 0.3) is 0 Å². The Labute approximate surface area is 295 Å². The average molecular weight is 703 g/mol. The van der Waals surface area contributed by atoms with E-state index < -0.39 is 35.5 Å². The van der Waals surface area contributed by atoms with E-state index in [2.05, 4.69) is 5.92 Å². The molecule has 0 aromatic carbocycles. The number of ether oxygens (including phenoxy) is 1. The minimum absolute atomic E-state index is 0.0102. The van der Waals surface area contributed by atoms with Gasteiger partial charge in [0.1, 0.15) is 10.7 Å². The highest BCUT2D eigenvalue weighted by atomic mass is 32.1. The topological polar surface area (TPSA) is 146 Å². The predicted octanol–water partition coefficient (Wildman–Crippen LogP) is 7.72. The SMILES string of the molecule is C#CCCCON(C(=O)C[C@@H](C)CC)[C@H](C[C@@H](OC(C)=O)c1nc(C[N+](=O)[C@@H](CC2=CC=C(O)CC2C)CC(C)(C)C(=O)O)cs1)C(C)C. The van der Waals surface area contributed by atoms with Crippen molar-refractivity contribution in [2.24, 2.45) is 23.2 Å². The van der Waals surface area contributed by atoms with Gasteiger partial charge in [0, 0.05) is 60.5 Å². The number of aromatic nitrogens is 1. The van der Waals surface area contributed by atoms with Crippen LogP contribution in [-0.4, -0.2) is 61.6 Å². The first-order valence-corrected chi connectivity index (χ1v) is 18.1. The average Bonchev–Trinajstić information content (AvgIpc) is 3.48. The molecule has 2 rings (SSSR count). The summed E-state index contributed by atoms with van der Waals surface area (Å²) in [5.74, 6) is 1.31. The Balaban J connectivity index is 2.37. The van der Waals surface area contributed by atoms with Crippen molar-refractivity contribution in [1.29, 1.82) is 0 Å². The number of esters is 1. The Morgan fingerprint density at radius 2 is 1.94 bits per heavy atom. The van der Waals surface area contributed by atoms with Crippen molar-refractivity contribution < 1.29 is 38.9 Å². The quantitative estimate of drug-likeness (QED) is 0.0432. The van der Waals surface area contributed by atoms with Gasteiger partial charge >= 0.3 is 11.9 Å². The number of carboxylic acids is 1. The van der Waals surface area contributed by atoms with Crippen LogP contribution in [0.25, 0.3) is 0 Å². The molecule has 1 aliphatic rings. The molecule has 5 atom stereocenters. The summed E-state index contributed by atoms with van der Waals surface area (Å²) in [7, 11) is 0. The summed E-state index contributed by atoms with van der Waals surface area (Å²) in [6.45, 7) is 14.7. The summed E-state index contributed by atoms with van der Waals surface area (Å²) >= 11 is 1.26. The van der Waals surface area contributed by atoms with E-state index in [9.17, 15) is 29.5 Å². The summed E-state index contributed by atoms with van der Waals surface area (Å²) < 4.78 is 6.65. The smallest absolute Gasteiger partial charge is 0.309 e. The molecule has 49 heavy (non-hydrogen) atoms. The number of unbranched alkanes of at least 4 members (excludes halogenated alkanes) is 1. The summed E-state index contributed by atoms with van der Waals surface area (Å²) in [5, 5.41) is 23.4. The highest BCUT2D eigenvalue weighted by molar-refractivity contribution is 7.09. The number of amides is 1. The zero-order chi connectivity index (χ0) is 36.9. The Morgan fingerprint density at radius 3 is 2.51 bits per heavy atom. The third-order valence-electron chi connectivity index (χ3n) is 9.00. The van der Waals surface area contributed by atoms with Gasteiger partial charge < -0.3 is 14.9 Å². The van der Waals surface area contributed by atoms with Crippen LogP contribution in [-0.2, 0) is 30.5 Å². The molecule has 0 spiro atoms. The minimum Gasteiger partial charge on any atom is -0.512 e. The maximum absolute atomic E-state index is 13.7. The zero-order valence-electron chi connectivity index (χ0n) is 30.4. The Kier molecular flexibility index (Phi) is 16.6. The first-order valence-electron chi connectivity index (χ1n) is 17.2. The first kappa shape index (κ1) is 41.6. The molecular formula is C37H56N3O8S+. The Morgan fingerprint density at radius 1 is 1.24 bits per heavy atom. The number of aliphatic carboxylic acids is 1. The summed E-state index contributed by atoms with van der Waals surface area (Å²) in [5.41, 5.74) is 0.280. The zero-order valence-corrected chi connectivity index (χ0v) is 31.3. The van der Waals surface area contributed by atoms with Gasteiger partial charge in [-0.1, -0.05) is 52.7 Å². The van der Waals surface area contributed by atoms with Crippen LogP contribution in [0.5, 0.6) is 0 Å². The molecule has 11 nitrogen and oxygen atoms in total. The number of hydrogen-bond acceptors (Lipinski definition) is 9. The molecule has 0 saturated carbocycles.